The quantitative estimate of drug-likeness (QED) is 0.723. The molecule has 2 heteroatoms. The van der Waals surface area contributed by atoms with E-state index in [-0.39, 0.29) is 5.54 Å². The van der Waals surface area contributed by atoms with Gasteiger partial charge in [0.25, 0.3) is 0 Å². The summed E-state index contributed by atoms with van der Waals surface area (Å²) in [6.07, 6.45) is 3.84. The Labute approximate surface area is 83.1 Å². The molecule has 2 atom stereocenters. The second-order valence-corrected chi connectivity index (χ2v) is 4.55. The number of halogens is 1. The van der Waals surface area contributed by atoms with Gasteiger partial charge in [-0.2, -0.15) is 0 Å². The van der Waals surface area contributed by atoms with E-state index in [1.54, 1.807) is 0 Å². The Morgan fingerprint density at radius 2 is 2.15 bits per heavy atom. The molecule has 0 radical (unpaired) electrons. The van der Waals surface area contributed by atoms with Gasteiger partial charge in [-0.15, -0.1) is 0 Å². The molecule has 3 aliphatic rings. The Balaban J connectivity index is 2.05. The molecule has 0 amide bonds. The van der Waals surface area contributed by atoms with Crippen molar-refractivity contribution in [3.63, 3.8) is 0 Å². The minimum absolute atomic E-state index is 0.239. The van der Waals surface area contributed by atoms with Crippen LogP contribution in [0.1, 0.15) is 24.8 Å². The predicted molar refractivity (Wildman–Crippen MR) is 53.9 cm³/mol. The Kier molecular flexibility index (Phi) is 1.50. The highest BCUT2D eigenvalue weighted by Crippen LogP contribution is 2.49. The molecule has 0 spiro atoms. The maximum Gasteiger partial charge on any atom is 0.0467 e. The first-order valence-electron chi connectivity index (χ1n) is 4.83. The molecule has 2 aliphatic heterocycles. The third kappa shape index (κ3) is 0.976. The van der Waals surface area contributed by atoms with Gasteiger partial charge in [-0.05, 0) is 30.9 Å². The van der Waals surface area contributed by atoms with E-state index in [2.05, 4.69) is 17.4 Å². The van der Waals surface area contributed by atoms with Crippen LogP contribution >= 0.6 is 11.6 Å². The smallest absolute Gasteiger partial charge is 0.0467 e. The lowest BCUT2D eigenvalue weighted by molar-refractivity contribution is 0.225. The molecule has 2 unspecified atom stereocenters. The number of nitrogens with one attached hydrogen (secondary N) is 1. The summed E-state index contributed by atoms with van der Waals surface area (Å²) in [6.45, 7) is 0. The van der Waals surface area contributed by atoms with Crippen LogP contribution in [0.25, 0.3) is 0 Å². The number of hydrogen-bond acceptors (Lipinski definition) is 1. The molecule has 2 saturated heterocycles. The third-order valence-electron chi connectivity index (χ3n) is 3.38. The second kappa shape index (κ2) is 2.49. The maximum absolute atomic E-state index is 6.18. The van der Waals surface area contributed by atoms with E-state index in [9.17, 15) is 0 Å². The van der Waals surface area contributed by atoms with E-state index in [0.717, 1.165) is 11.1 Å². The van der Waals surface area contributed by atoms with E-state index in [1.807, 2.05) is 12.1 Å². The monoisotopic (exact) mass is 193 g/mol. The highest BCUT2D eigenvalue weighted by Gasteiger charge is 2.51. The summed E-state index contributed by atoms with van der Waals surface area (Å²) in [4.78, 5) is 0. The Morgan fingerprint density at radius 3 is 2.77 bits per heavy atom. The van der Waals surface area contributed by atoms with Crippen molar-refractivity contribution in [3.05, 3.63) is 34.9 Å². The number of benzene rings is 1. The summed E-state index contributed by atoms with van der Waals surface area (Å²) in [5.41, 5.74) is 1.54. The third-order valence-corrected chi connectivity index (χ3v) is 3.71. The van der Waals surface area contributed by atoms with Crippen molar-refractivity contribution in [1.82, 2.24) is 5.32 Å². The maximum atomic E-state index is 6.18. The van der Waals surface area contributed by atoms with Crippen molar-refractivity contribution in [1.29, 1.82) is 0 Å². The molecule has 1 aliphatic carbocycles. The fraction of sp³-hybridized carbons (Fsp3) is 0.455. The molecule has 4 rings (SSSR count). The summed E-state index contributed by atoms with van der Waals surface area (Å²) >= 11 is 6.18. The van der Waals surface area contributed by atoms with Gasteiger partial charge < -0.3 is 5.32 Å². The van der Waals surface area contributed by atoms with E-state index >= 15 is 0 Å². The van der Waals surface area contributed by atoms with Crippen LogP contribution in [0, 0.1) is 0 Å². The minimum Gasteiger partial charge on any atom is -0.304 e. The van der Waals surface area contributed by atoms with Crippen molar-refractivity contribution in [3.8, 4) is 0 Å². The van der Waals surface area contributed by atoms with Gasteiger partial charge >= 0.3 is 0 Å². The molecule has 13 heavy (non-hydrogen) atoms. The van der Waals surface area contributed by atoms with Crippen molar-refractivity contribution < 1.29 is 0 Å². The highest BCUT2D eigenvalue weighted by molar-refractivity contribution is 6.31. The van der Waals surface area contributed by atoms with Gasteiger partial charge in [-0.3, -0.25) is 0 Å². The van der Waals surface area contributed by atoms with Crippen LogP contribution in [0.2, 0.25) is 5.02 Å². The average Bonchev–Trinajstić information content (AvgIpc) is 2.63. The van der Waals surface area contributed by atoms with Crippen molar-refractivity contribution in [2.24, 2.45) is 0 Å². The molecule has 68 valence electrons. The Hall–Kier alpha value is -0.530. The van der Waals surface area contributed by atoms with Crippen LogP contribution in [0.3, 0.4) is 0 Å². The van der Waals surface area contributed by atoms with Crippen molar-refractivity contribution in [2.45, 2.75) is 30.8 Å². The topological polar surface area (TPSA) is 12.0 Å². The molecule has 2 heterocycles. The molecular weight excluding hydrogens is 182 g/mol. The highest BCUT2D eigenvalue weighted by atomic mass is 35.5. The lowest BCUT2D eigenvalue weighted by Crippen LogP contribution is -2.53. The molecule has 1 saturated carbocycles. The van der Waals surface area contributed by atoms with Gasteiger partial charge in [0.1, 0.15) is 0 Å². The second-order valence-electron chi connectivity index (χ2n) is 4.15. The van der Waals surface area contributed by atoms with Crippen molar-refractivity contribution >= 4 is 11.6 Å². The summed E-state index contributed by atoms with van der Waals surface area (Å²) in [6, 6.07) is 8.96. The molecule has 0 aromatic heterocycles. The molecule has 2 bridgehead atoms. The van der Waals surface area contributed by atoms with Gasteiger partial charge in [0, 0.05) is 16.6 Å². The first-order valence-corrected chi connectivity index (χ1v) is 5.21. The fourth-order valence-corrected chi connectivity index (χ4v) is 3.05. The average molecular weight is 194 g/mol. The molecule has 1 nitrogen and oxygen atoms in total. The number of rotatable bonds is 1. The van der Waals surface area contributed by atoms with Crippen LogP contribution in [-0.4, -0.2) is 6.04 Å². The first kappa shape index (κ1) is 7.84. The van der Waals surface area contributed by atoms with Gasteiger partial charge in [-0.25, -0.2) is 0 Å². The predicted octanol–water partition coefficient (Wildman–Crippen LogP) is 2.69. The van der Waals surface area contributed by atoms with E-state index in [0.29, 0.717) is 0 Å². The zero-order valence-electron chi connectivity index (χ0n) is 7.39. The van der Waals surface area contributed by atoms with Crippen LogP contribution in [0.15, 0.2) is 24.3 Å². The molecular formula is C11H12ClN. The normalized spacial score (nSPS) is 35.9. The molecule has 1 N–H and O–H groups in total. The fourth-order valence-electron chi connectivity index (χ4n) is 2.73. The van der Waals surface area contributed by atoms with Gasteiger partial charge in [-0.1, -0.05) is 29.8 Å². The Bertz CT molecular complexity index is 336. The number of hydrogen-bond donors (Lipinski definition) is 1. The summed E-state index contributed by atoms with van der Waals surface area (Å²) in [5, 5.41) is 4.52. The molecule has 1 aromatic carbocycles. The van der Waals surface area contributed by atoms with Gasteiger partial charge in [0.2, 0.25) is 0 Å². The summed E-state index contributed by atoms with van der Waals surface area (Å²) in [5.74, 6) is 0. The lowest BCUT2D eigenvalue weighted by atomic mass is 9.83. The van der Waals surface area contributed by atoms with Crippen LogP contribution in [0.4, 0.5) is 0 Å². The SMILES string of the molecule is Clc1ccccc1C12CCC(C1)N2. The first-order chi connectivity index (χ1) is 6.30. The summed E-state index contributed by atoms with van der Waals surface area (Å²) < 4.78 is 0. The Morgan fingerprint density at radius 1 is 1.38 bits per heavy atom. The lowest BCUT2D eigenvalue weighted by Gasteiger charge is -2.41. The van der Waals surface area contributed by atoms with Crippen LogP contribution in [-0.2, 0) is 5.54 Å². The van der Waals surface area contributed by atoms with Gasteiger partial charge in [0.05, 0.1) is 0 Å². The number of fused-ring (bicyclic) bond motifs is 1. The standard InChI is InChI=1S/C11H12ClN/c12-10-4-2-1-3-9(10)11-6-5-8(7-11)13-11/h1-4,8,13H,5-7H2. The van der Waals surface area contributed by atoms with Crippen LogP contribution in [0.5, 0.6) is 0 Å². The van der Waals surface area contributed by atoms with E-state index in [4.69, 9.17) is 11.6 Å². The largest absolute Gasteiger partial charge is 0.304 e. The minimum atomic E-state index is 0.239. The summed E-state index contributed by atoms with van der Waals surface area (Å²) in [7, 11) is 0. The molecule has 3 fully saturated rings. The van der Waals surface area contributed by atoms with Crippen molar-refractivity contribution in [2.75, 3.05) is 0 Å². The van der Waals surface area contributed by atoms with Gasteiger partial charge in [0.15, 0.2) is 0 Å². The zero-order chi connectivity index (χ0) is 8.89. The van der Waals surface area contributed by atoms with Crippen LogP contribution < -0.4 is 5.32 Å². The zero-order valence-corrected chi connectivity index (χ0v) is 8.14. The van der Waals surface area contributed by atoms with E-state index in [1.165, 1.54) is 24.8 Å². The molecule has 1 aromatic rings. The van der Waals surface area contributed by atoms with E-state index < -0.39 is 0 Å².